The van der Waals surface area contributed by atoms with Crippen molar-refractivity contribution in [2.75, 3.05) is 32.1 Å². The standard InChI is InChI=1S/C14H21N5O2/c1-4-7-17(2)12-9-13(20)19(16-10-12)11-14(21)18(3)8-5-6-15/h9-10H,4-5,7-8,11H2,1-3H3. The van der Waals surface area contributed by atoms with Crippen molar-refractivity contribution in [3.05, 3.63) is 22.6 Å². The van der Waals surface area contributed by atoms with E-state index >= 15 is 0 Å². The molecule has 0 radical (unpaired) electrons. The number of anilines is 1. The molecule has 0 spiro atoms. The number of hydrogen-bond acceptors (Lipinski definition) is 5. The SMILES string of the molecule is CCCN(C)c1cnn(CC(=O)N(C)CCC#N)c(=O)c1. The highest BCUT2D eigenvalue weighted by Gasteiger charge is 2.11. The average molecular weight is 291 g/mol. The number of carbonyl (C=O) groups is 1. The van der Waals surface area contributed by atoms with Crippen molar-refractivity contribution in [2.45, 2.75) is 26.3 Å². The highest BCUT2D eigenvalue weighted by molar-refractivity contribution is 5.75. The number of hydrogen-bond donors (Lipinski definition) is 0. The van der Waals surface area contributed by atoms with E-state index in [1.807, 2.05) is 18.0 Å². The largest absolute Gasteiger partial charge is 0.373 e. The van der Waals surface area contributed by atoms with E-state index in [9.17, 15) is 9.59 Å². The van der Waals surface area contributed by atoms with Gasteiger partial charge in [-0.05, 0) is 6.42 Å². The maximum atomic E-state index is 12.0. The summed E-state index contributed by atoms with van der Waals surface area (Å²) < 4.78 is 1.13. The predicted octanol–water partition coefficient (Wildman–Crippen LogP) is 0.462. The maximum absolute atomic E-state index is 12.0. The number of likely N-dealkylation sites (N-methyl/N-ethyl adjacent to an activating group) is 1. The van der Waals surface area contributed by atoms with Gasteiger partial charge in [-0.15, -0.1) is 0 Å². The Morgan fingerprint density at radius 1 is 1.43 bits per heavy atom. The average Bonchev–Trinajstić information content (AvgIpc) is 2.46. The van der Waals surface area contributed by atoms with Gasteiger partial charge in [-0.3, -0.25) is 9.59 Å². The van der Waals surface area contributed by atoms with Gasteiger partial charge < -0.3 is 9.80 Å². The third-order valence-corrected chi connectivity index (χ3v) is 3.12. The van der Waals surface area contributed by atoms with E-state index in [1.165, 1.54) is 11.0 Å². The normalized spacial score (nSPS) is 10.0. The van der Waals surface area contributed by atoms with Crippen molar-refractivity contribution >= 4 is 11.6 Å². The van der Waals surface area contributed by atoms with Crippen LogP contribution in [0.25, 0.3) is 0 Å². The van der Waals surface area contributed by atoms with Crippen LogP contribution in [-0.4, -0.2) is 47.8 Å². The summed E-state index contributed by atoms with van der Waals surface area (Å²) in [5.74, 6) is -0.241. The zero-order valence-corrected chi connectivity index (χ0v) is 12.7. The van der Waals surface area contributed by atoms with Crippen molar-refractivity contribution < 1.29 is 4.79 Å². The molecule has 0 saturated carbocycles. The molecule has 0 unspecified atom stereocenters. The van der Waals surface area contributed by atoms with Gasteiger partial charge in [-0.2, -0.15) is 10.4 Å². The van der Waals surface area contributed by atoms with Crippen LogP contribution in [-0.2, 0) is 11.3 Å². The molecule has 1 rings (SSSR count). The summed E-state index contributed by atoms with van der Waals surface area (Å²) in [5.41, 5.74) is 0.431. The van der Waals surface area contributed by atoms with Crippen LogP contribution in [0.1, 0.15) is 19.8 Å². The van der Waals surface area contributed by atoms with Crippen LogP contribution < -0.4 is 10.5 Å². The van der Waals surface area contributed by atoms with Gasteiger partial charge in [0.1, 0.15) is 6.54 Å². The molecule has 0 atom stereocenters. The van der Waals surface area contributed by atoms with Crippen molar-refractivity contribution in [3.8, 4) is 6.07 Å². The van der Waals surface area contributed by atoms with Gasteiger partial charge in [0.25, 0.3) is 5.56 Å². The quantitative estimate of drug-likeness (QED) is 0.729. The van der Waals surface area contributed by atoms with E-state index in [1.54, 1.807) is 13.2 Å². The van der Waals surface area contributed by atoms with Gasteiger partial charge in [0, 0.05) is 33.3 Å². The first-order valence-corrected chi connectivity index (χ1v) is 6.88. The van der Waals surface area contributed by atoms with Crippen molar-refractivity contribution in [1.82, 2.24) is 14.7 Å². The Bertz CT molecular complexity index is 575. The molecular formula is C14H21N5O2. The lowest BCUT2D eigenvalue weighted by Crippen LogP contribution is -2.35. The molecule has 0 saturated heterocycles. The third-order valence-electron chi connectivity index (χ3n) is 3.12. The Labute approximate surface area is 124 Å². The fourth-order valence-electron chi connectivity index (χ4n) is 1.81. The molecule has 114 valence electrons. The summed E-state index contributed by atoms with van der Waals surface area (Å²) >= 11 is 0. The fraction of sp³-hybridized carbons (Fsp3) is 0.571. The number of rotatable bonds is 7. The van der Waals surface area contributed by atoms with Crippen molar-refractivity contribution in [3.63, 3.8) is 0 Å². The minimum Gasteiger partial charge on any atom is -0.373 e. The smallest absolute Gasteiger partial charge is 0.269 e. The Kier molecular flexibility index (Phi) is 6.40. The van der Waals surface area contributed by atoms with Crippen molar-refractivity contribution in [2.24, 2.45) is 0 Å². The van der Waals surface area contributed by atoms with E-state index in [4.69, 9.17) is 5.26 Å². The van der Waals surface area contributed by atoms with Gasteiger partial charge in [0.05, 0.1) is 24.4 Å². The molecule has 1 aromatic heterocycles. The lowest BCUT2D eigenvalue weighted by molar-refractivity contribution is -0.130. The Hall–Kier alpha value is -2.36. The Balaban J connectivity index is 2.75. The summed E-state index contributed by atoms with van der Waals surface area (Å²) in [7, 11) is 3.50. The predicted molar refractivity (Wildman–Crippen MR) is 79.9 cm³/mol. The molecule has 0 fully saturated rings. The summed E-state index contributed by atoms with van der Waals surface area (Å²) in [4.78, 5) is 27.2. The lowest BCUT2D eigenvalue weighted by atomic mass is 10.3. The molecule has 0 aliphatic rings. The minimum atomic E-state index is -0.308. The van der Waals surface area contributed by atoms with Crippen LogP contribution in [0.5, 0.6) is 0 Å². The Morgan fingerprint density at radius 2 is 2.14 bits per heavy atom. The number of carbonyl (C=O) groups excluding carboxylic acids is 1. The van der Waals surface area contributed by atoms with Crippen LogP contribution in [0, 0.1) is 11.3 Å². The number of amides is 1. The highest BCUT2D eigenvalue weighted by atomic mass is 16.2. The van der Waals surface area contributed by atoms with E-state index in [-0.39, 0.29) is 24.4 Å². The van der Waals surface area contributed by atoms with E-state index < -0.39 is 0 Å². The van der Waals surface area contributed by atoms with Gasteiger partial charge >= 0.3 is 0 Å². The third kappa shape index (κ3) is 4.91. The van der Waals surface area contributed by atoms with Gasteiger partial charge in [-0.1, -0.05) is 6.92 Å². The molecule has 0 bridgehead atoms. The highest BCUT2D eigenvalue weighted by Crippen LogP contribution is 2.07. The van der Waals surface area contributed by atoms with Gasteiger partial charge in [0.15, 0.2) is 0 Å². The van der Waals surface area contributed by atoms with Gasteiger partial charge in [-0.25, -0.2) is 4.68 Å². The summed E-state index contributed by atoms with van der Waals surface area (Å²) in [6, 6.07) is 3.45. The molecule has 1 amide bonds. The molecule has 1 aromatic rings. The minimum absolute atomic E-state index is 0.113. The molecule has 7 nitrogen and oxygen atoms in total. The van der Waals surface area contributed by atoms with Crippen LogP contribution in [0.3, 0.4) is 0 Å². The second kappa shape index (κ2) is 8.04. The molecule has 0 N–H and O–H groups in total. The number of aromatic nitrogens is 2. The monoisotopic (exact) mass is 291 g/mol. The van der Waals surface area contributed by atoms with Gasteiger partial charge in [0.2, 0.25) is 5.91 Å². The summed E-state index contributed by atoms with van der Waals surface area (Å²) in [5, 5.41) is 12.5. The Morgan fingerprint density at radius 3 is 2.71 bits per heavy atom. The first-order chi connectivity index (χ1) is 9.99. The second-order valence-electron chi connectivity index (χ2n) is 4.85. The van der Waals surface area contributed by atoms with E-state index in [0.717, 1.165) is 23.3 Å². The topological polar surface area (TPSA) is 82.2 Å². The molecule has 7 heteroatoms. The number of nitrogens with zero attached hydrogens (tertiary/aromatic N) is 5. The number of nitriles is 1. The van der Waals surface area contributed by atoms with E-state index in [2.05, 4.69) is 12.0 Å². The zero-order chi connectivity index (χ0) is 15.8. The van der Waals surface area contributed by atoms with Crippen molar-refractivity contribution in [1.29, 1.82) is 5.26 Å². The molecule has 21 heavy (non-hydrogen) atoms. The van der Waals surface area contributed by atoms with Crippen LogP contribution in [0.4, 0.5) is 5.69 Å². The molecule has 0 aromatic carbocycles. The molecule has 0 aliphatic carbocycles. The fourth-order valence-corrected chi connectivity index (χ4v) is 1.81. The van der Waals surface area contributed by atoms with Crippen LogP contribution in [0.15, 0.2) is 17.1 Å². The molecule has 1 heterocycles. The maximum Gasteiger partial charge on any atom is 0.269 e. The van der Waals surface area contributed by atoms with Crippen LogP contribution >= 0.6 is 0 Å². The second-order valence-corrected chi connectivity index (χ2v) is 4.85. The van der Waals surface area contributed by atoms with Crippen LogP contribution in [0.2, 0.25) is 0 Å². The molecule has 0 aliphatic heterocycles. The first kappa shape index (κ1) is 16.7. The summed E-state index contributed by atoms with van der Waals surface area (Å²) in [6.07, 6.45) is 2.83. The first-order valence-electron chi connectivity index (χ1n) is 6.88. The lowest BCUT2D eigenvalue weighted by Gasteiger charge is -2.18. The van der Waals surface area contributed by atoms with E-state index in [0.29, 0.717) is 6.54 Å². The summed E-state index contributed by atoms with van der Waals surface area (Å²) in [6.45, 7) is 3.13. The molecular weight excluding hydrogens is 270 g/mol. The zero-order valence-electron chi connectivity index (χ0n) is 12.7.